The third kappa shape index (κ3) is 1.91. The molecule has 3 rings (SSSR count). The van der Waals surface area contributed by atoms with Crippen molar-refractivity contribution in [3.63, 3.8) is 0 Å². The van der Waals surface area contributed by atoms with Crippen LogP contribution >= 0.6 is 0 Å². The van der Waals surface area contributed by atoms with Gasteiger partial charge in [0.2, 0.25) is 5.91 Å². The fraction of sp³-hybridized carbons (Fsp3) is 0.286. The van der Waals surface area contributed by atoms with Crippen molar-refractivity contribution in [2.75, 3.05) is 0 Å². The molecule has 0 spiro atoms. The zero-order valence-corrected chi connectivity index (χ0v) is 10.3. The number of carbonyl (C=O) groups is 2. The second-order valence-corrected chi connectivity index (χ2v) is 4.86. The van der Waals surface area contributed by atoms with Crippen molar-refractivity contribution < 1.29 is 14.0 Å². The second-order valence-electron chi connectivity index (χ2n) is 4.86. The first kappa shape index (κ1) is 11.9. The van der Waals surface area contributed by atoms with Crippen molar-refractivity contribution in [1.29, 1.82) is 0 Å². The maximum absolute atomic E-state index is 13.2. The molecule has 4 nitrogen and oxygen atoms in total. The number of carbonyl (C=O) groups excluding carboxylic acids is 2. The summed E-state index contributed by atoms with van der Waals surface area (Å²) >= 11 is 0. The summed E-state index contributed by atoms with van der Waals surface area (Å²) in [6.45, 7) is 4.24. The third-order valence-corrected chi connectivity index (χ3v) is 3.63. The van der Waals surface area contributed by atoms with Crippen LogP contribution in [0.15, 0.2) is 30.5 Å². The molecule has 0 bridgehead atoms. The van der Waals surface area contributed by atoms with Gasteiger partial charge in [-0.1, -0.05) is 12.6 Å². The van der Waals surface area contributed by atoms with E-state index in [1.165, 1.54) is 12.1 Å². The Morgan fingerprint density at radius 3 is 2.89 bits per heavy atom. The van der Waals surface area contributed by atoms with Crippen molar-refractivity contribution >= 4 is 11.8 Å². The van der Waals surface area contributed by atoms with Crippen molar-refractivity contribution in [2.45, 2.75) is 25.4 Å². The van der Waals surface area contributed by atoms with Crippen LogP contribution in [0.4, 0.5) is 4.39 Å². The highest BCUT2D eigenvalue weighted by Gasteiger charge is 2.36. The Morgan fingerprint density at radius 2 is 2.16 bits per heavy atom. The van der Waals surface area contributed by atoms with E-state index < -0.39 is 5.82 Å². The molecule has 2 amide bonds. The van der Waals surface area contributed by atoms with E-state index in [9.17, 15) is 14.0 Å². The molecule has 1 atom stereocenters. The Kier molecular flexibility index (Phi) is 2.62. The minimum absolute atomic E-state index is 0.0727. The molecule has 0 saturated carbocycles. The molecule has 0 aliphatic carbocycles. The standard InChI is InChI=1S/C14H13FN2O2/c1-8-12(4-5-13(18)16-8)17-7-9-2-3-10(15)6-11(9)14(17)19/h2-3,6,12H,1,4-5,7H2,(H,16,18). The highest BCUT2D eigenvalue weighted by molar-refractivity contribution is 5.99. The Hall–Kier alpha value is -2.17. The number of nitrogens with zero attached hydrogens (tertiary/aromatic N) is 1. The van der Waals surface area contributed by atoms with E-state index in [1.54, 1.807) is 11.0 Å². The molecule has 2 heterocycles. The van der Waals surface area contributed by atoms with Crippen molar-refractivity contribution in [3.05, 3.63) is 47.4 Å². The van der Waals surface area contributed by atoms with Gasteiger partial charge in [0.05, 0.1) is 6.04 Å². The summed E-state index contributed by atoms with van der Waals surface area (Å²) in [6, 6.07) is 4.04. The Bertz CT molecular complexity index is 597. The molecule has 5 heteroatoms. The van der Waals surface area contributed by atoms with Gasteiger partial charge in [0.1, 0.15) is 5.82 Å². The molecule has 1 aromatic rings. The number of hydrogen-bond donors (Lipinski definition) is 1. The molecule has 1 fully saturated rings. The van der Waals surface area contributed by atoms with Crippen LogP contribution in [0, 0.1) is 5.82 Å². The van der Waals surface area contributed by atoms with Gasteiger partial charge in [-0.2, -0.15) is 0 Å². The van der Waals surface area contributed by atoms with Crippen LogP contribution in [0.1, 0.15) is 28.8 Å². The van der Waals surface area contributed by atoms with Crippen LogP contribution in [0.5, 0.6) is 0 Å². The van der Waals surface area contributed by atoms with Gasteiger partial charge in [-0.25, -0.2) is 4.39 Å². The highest BCUT2D eigenvalue weighted by atomic mass is 19.1. The summed E-state index contributed by atoms with van der Waals surface area (Å²) < 4.78 is 13.2. The van der Waals surface area contributed by atoms with Gasteiger partial charge < -0.3 is 10.2 Å². The van der Waals surface area contributed by atoms with Crippen molar-refractivity contribution in [1.82, 2.24) is 10.2 Å². The van der Waals surface area contributed by atoms with E-state index in [4.69, 9.17) is 0 Å². The number of fused-ring (bicyclic) bond motifs is 1. The maximum atomic E-state index is 13.2. The van der Waals surface area contributed by atoms with Gasteiger partial charge in [0.25, 0.3) is 5.91 Å². The number of piperidine rings is 1. The largest absolute Gasteiger partial charge is 0.328 e. The zero-order valence-electron chi connectivity index (χ0n) is 10.3. The predicted molar refractivity (Wildman–Crippen MR) is 66.6 cm³/mol. The number of nitrogens with one attached hydrogen (secondary N) is 1. The molecule has 2 aliphatic rings. The van der Waals surface area contributed by atoms with Crippen LogP contribution in [-0.4, -0.2) is 22.8 Å². The molecule has 1 N–H and O–H groups in total. The summed E-state index contributed by atoms with van der Waals surface area (Å²) in [5, 5.41) is 2.66. The summed E-state index contributed by atoms with van der Waals surface area (Å²) in [7, 11) is 0. The van der Waals surface area contributed by atoms with E-state index >= 15 is 0 Å². The zero-order chi connectivity index (χ0) is 13.6. The minimum Gasteiger partial charge on any atom is -0.328 e. The van der Waals surface area contributed by atoms with Crippen LogP contribution in [-0.2, 0) is 11.3 Å². The van der Waals surface area contributed by atoms with Crippen molar-refractivity contribution in [3.8, 4) is 0 Å². The molecule has 19 heavy (non-hydrogen) atoms. The van der Waals surface area contributed by atoms with E-state index in [0.29, 0.717) is 30.6 Å². The van der Waals surface area contributed by atoms with E-state index in [0.717, 1.165) is 5.56 Å². The summed E-state index contributed by atoms with van der Waals surface area (Å²) in [4.78, 5) is 25.2. The molecule has 0 radical (unpaired) electrons. The molecule has 1 aromatic carbocycles. The predicted octanol–water partition coefficient (Wildman–Crippen LogP) is 1.57. The molecular formula is C14H13FN2O2. The average molecular weight is 260 g/mol. The van der Waals surface area contributed by atoms with Crippen LogP contribution < -0.4 is 5.32 Å². The summed E-state index contributed by atoms with van der Waals surface area (Å²) in [5.41, 5.74) is 1.76. The molecule has 0 aromatic heterocycles. The summed E-state index contributed by atoms with van der Waals surface area (Å²) in [5.74, 6) is -0.682. The first-order valence-electron chi connectivity index (χ1n) is 6.14. The maximum Gasteiger partial charge on any atom is 0.255 e. The number of benzene rings is 1. The first-order valence-corrected chi connectivity index (χ1v) is 6.14. The van der Waals surface area contributed by atoms with E-state index in [-0.39, 0.29) is 17.9 Å². The SMILES string of the molecule is C=C1NC(=O)CCC1N1Cc2ccc(F)cc2C1=O. The molecule has 2 aliphatic heterocycles. The van der Waals surface area contributed by atoms with Crippen LogP contribution in [0.25, 0.3) is 0 Å². The topological polar surface area (TPSA) is 49.4 Å². The Balaban J connectivity index is 1.88. The van der Waals surface area contributed by atoms with Gasteiger partial charge in [-0.05, 0) is 24.1 Å². The van der Waals surface area contributed by atoms with E-state index in [2.05, 4.69) is 11.9 Å². The fourth-order valence-electron chi connectivity index (χ4n) is 2.66. The van der Waals surface area contributed by atoms with E-state index in [1.807, 2.05) is 0 Å². The number of rotatable bonds is 1. The van der Waals surface area contributed by atoms with Crippen LogP contribution in [0.3, 0.4) is 0 Å². The van der Waals surface area contributed by atoms with Gasteiger partial charge in [-0.15, -0.1) is 0 Å². The second kappa shape index (κ2) is 4.19. The first-order chi connectivity index (χ1) is 9.06. The van der Waals surface area contributed by atoms with Gasteiger partial charge >= 0.3 is 0 Å². The highest BCUT2D eigenvalue weighted by Crippen LogP contribution is 2.29. The quantitative estimate of drug-likeness (QED) is 0.833. The van der Waals surface area contributed by atoms with Crippen molar-refractivity contribution in [2.24, 2.45) is 0 Å². The lowest BCUT2D eigenvalue weighted by Gasteiger charge is -2.32. The lowest BCUT2D eigenvalue weighted by molar-refractivity contribution is -0.121. The molecular weight excluding hydrogens is 247 g/mol. The van der Waals surface area contributed by atoms with Gasteiger partial charge in [0, 0.05) is 24.2 Å². The number of hydrogen-bond acceptors (Lipinski definition) is 2. The average Bonchev–Trinajstić information content (AvgIpc) is 2.67. The lowest BCUT2D eigenvalue weighted by Crippen LogP contribution is -2.45. The Labute approximate surface area is 109 Å². The smallest absolute Gasteiger partial charge is 0.255 e. The third-order valence-electron chi connectivity index (χ3n) is 3.63. The summed E-state index contributed by atoms with van der Waals surface area (Å²) in [6.07, 6.45) is 0.936. The fourth-order valence-corrected chi connectivity index (χ4v) is 2.66. The number of amides is 2. The monoisotopic (exact) mass is 260 g/mol. The lowest BCUT2D eigenvalue weighted by atomic mass is 10.0. The Morgan fingerprint density at radius 1 is 1.37 bits per heavy atom. The van der Waals surface area contributed by atoms with Gasteiger partial charge in [0.15, 0.2) is 0 Å². The molecule has 1 unspecified atom stereocenters. The normalized spacial score (nSPS) is 22.5. The van der Waals surface area contributed by atoms with Crippen LogP contribution in [0.2, 0.25) is 0 Å². The van der Waals surface area contributed by atoms with Gasteiger partial charge in [-0.3, -0.25) is 9.59 Å². The minimum atomic E-state index is -0.412. The number of halogens is 1. The molecule has 1 saturated heterocycles. The molecule has 98 valence electrons.